The SMILES string of the molecule is CC(C)(C)OC(=O)N1CCC(c2noc(C3CC(F)(F)C3)n2)(C(F)(F)F)CC1. The van der Waals surface area contributed by atoms with Crippen molar-refractivity contribution in [3.05, 3.63) is 11.7 Å². The fraction of sp³-hybridized carbons (Fsp3) is 0.824. The van der Waals surface area contributed by atoms with Gasteiger partial charge in [-0.15, -0.1) is 0 Å². The van der Waals surface area contributed by atoms with Gasteiger partial charge in [-0.2, -0.15) is 18.2 Å². The van der Waals surface area contributed by atoms with Crippen molar-refractivity contribution in [1.82, 2.24) is 15.0 Å². The third-order valence-corrected chi connectivity index (χ3v) is 5.12. The first-order chi connectivity index (χ1) is 12.7. The molecule has 0 bridgehead atoms. The summed E-state index contributed by atoms with van der Waals surface area (Å²) in [6.07, 6.45) is -7.32. The zero-order valence-corrected chi connectivity index (χ0v) is 15.8. The Bertz CT molecular complexity index is 725. The van der Waals surface area contributed by atoms with Gasteiger partial charge in [-0.1, -0.05) is 5.16 Å². The first-order valence-electron chi connectivity index (χ1n) is 8.99. The highest BCUT2D eigenvalue weighted by Gasteiger charge is 2.60. The average Bonchev–Trinajstić information content (AvgIpc) is 2.99. The van der Waals surface area contributed by atoms with Crippen molar-refractivity contribution in [3.8, 4) is 0 Å². The topological polar surface area (TPSA) is 68.5 Å². The molecular weight excluding hydrogens is 389 g/mol. The normalized spacial score (nSPS) is 22.6. The summed E-state index contributed by atoms with van der Waals surface area (Å²) in [5.41, 5.74) is -3.15. The number of carbonyl (C=O) groups excluding carboxylic acids is 1. The molecule has 11 heteroatoms. The molecule has 6 nitrogen and oxygen atoms in total. The lowest BCUT2D eigenvalue weighted by Crippen LogP contribution is -2.53. The van der Waals surface area contributed by atoms with E-state index < -0.39 is 66.6 Å². The van der Waals surface area contributed by atoms with E-state index >= 15 is 0 Å². The Hall–Kier alpha value is -1.94. The fourth-order valence-electron chi connectivity index (χ4n) is 3.46. The molecule has 0 atom stereocenters. The molecular formula is C17H22F5N3O3. The van der Waals surface area contributed by atoms with Crippen molar-refractivity contribution in [2.75, 3.05) is 13.1 Å². The van der Waals surface area contributed by atoms with Crippen molar-refractivity contribution in [2.45, 2.75) is 75.5 Å². The summed E-state index contributed by atoms with van der Waals surface area (Å²) in [4.78, 5) is 17.1. The van der Waals surface area contributed by atoms with Gasteiger partial charge < -0.3 is 14.2 Å². The van der Waals surface area contributed by atoms with Gasteiger partial charge in [-0.05, 0) is 33.6 Å². The van der Waals surface area contributed by atoms with E-state index in [1.54, 1.807) is 20.8 Å². The van der Waals surface area contributed by atoms with Crippen LogP contribution >= 0.6 is 0 Å². The predicted octanol–water partition coefficient (Wildman–Crippen LogP) is 4.41. The van der Waals surface area contributed by atoms with Crippen LogP contribution in [0.1, 0.15) is 64.1 Å². The summed E-state index contributed by atoms with van der Waals surface area (Å²) in [7, 11) is 0. The highest BCUT2D eigenvalue weighted by atomic mass is 19.4. The van der Waals surface area contributed by atoms with Crippen LogP contribution in [0.3, 0.4) is 0 Å². The van der Waals surface area contributed by atoms with Crippen molar-refractivity contribution < 1.29 is 36.0 Å². The second kappa shape index (κ2) is 6.55. The number of aromatic nitrogens is 2. The van der Waals surface area contributed by atoms with E-state index in [0.29, 0.717) is 0 Å². The molecule has 28 heavy (non-hydrogen) atoms. The van der Waals surface area contributed by atoms with Crippen LogP contribution in [-0.2, 0) is 10.2 Å². The molecule has 0 aromatic carbocycles. The quantitative estimate of drug-likeness (QED) is 0.675. The van der Waals surface area contributed by atoms with E-state index in [-0.39, 0.29) is 19.0 Å². The Morgan fingerprint density at radius 1 is 1.18 bits per heavy atom. The first-order valence-corrected chi connectivity index (χ1v) is 8.99. The van der Waals surface area contributed by atoms with Crippen LogP contribution in [0.25, 0.3) is 0 Å². The first kappa shape index (κ1) is 20.8. The number of ether oxygens (including phenoxy) is 1. The second-order valence-electron chi connectivity index (χ2n) is 8.46. The van der Waals surface area contributed by atoms with E-state index in [1.807, 2.05) is 0 Å². The highest BCUT2D eigenvalue weighted by molar-refractivity contribution is 5.68. The molecule has 1 amide bonds. The van der Waals surface area contributed by atoms with Crippen molar-refractivity contribution in [1.29, 1.82) is 0 Å². The van der Waals surface area contributed by atoms with Crippen molar-refractivity contribution in [3.63, 3.8) is 0 Å². The van der Waals surface area contributed by atoms with Crippen LogP contribution < -0.4 is 0 Å². The van der Waals surface area contributed by atoms with Crippen molar-refractivity contribution >= 4 is 6.09 Å². The third kappa shape index (κ3) is 3.93. The Kier molecular flexibility index (Phi) is 4.86. The lowest BCUT2D eigenvalue weighted by molar-refractivity contribution is -0.205. The molecule has 1 saturated heterocycles. The van der Waals surface area contributed by atoms with E-state index in [0.717, 1.165) is 0 Å². The maximum Gasteiger partial charge on any atom is 0.410 e. The summed E-state index contributed by atoms with van der Waals surface area (Å²) in [5, 5.41) is 3.47. The third-order valence-electron chi connectivity index (χ3n) is 5.12. The number of nitrogens with zero attached hydrogens (tertiary/aromatic N) is 3. The molecule has 0 unspecified atom stereocenters. The zero-order valence-electron chi connectivity index (χ0n) is 15.8. The number of halogens is 5. The molecule has 1 aromatic heterocycles. The minimum absolute atomic E-state index is 0.195. The van der Waals surface area contributed by atoms with Gasteiger partial charge in [0.2, 0.25) is 11.8 Å². The Labute approximate surface area is 158 Å². The Morgan fingerprint density at radius 3 is 2.21 bits per heavy atom. The van der Waals surface area contributed by atoms with E-state index in [2.05, 4.69) is 10.1 Å². The number of alkyl halides is 5. The van der Waals surface area contributed by atoms with Crippen LogP contribution in [0.2, 0.25) is 0 Å². The minimum atomic E-state index is -4.68. The standard InChI is InChI=1S/C17H22F5N3O3/c1-14(2,3)27-13(26)25-6-4-15(5-7-25,17(20,21)22)12-23-11(28-24-12)10-8-16(18,19)9-10/h10H,4-9H2,1-3H3. The summed E-state index contributed by atoms with van der Waals surface area (Å²) < 4.78 is 77.9. The molecule has 0 radical (unpaired) electrons. The molecule has 0 N–H and O–H groups in total. The number of likely N-dealkylation sites (tertiary alicyclic amines) is 1. The van der Waals surface area contributed by atoms with Crippen LogP contribution in [0.15, 0.2) is 4.52 Å². The lowest BCUT2D eigenvalue weighted by Gasteiger charge is -2.40. The molecule has 2 aliphatic rings. The zero-order chi connectivity index (χ0) is 21.0. The monoisotopic (exact) mass is 411 g/mol. The minimum Gasteiger partial charge on any atom is -0.444 e. The maximum absolute atomic E-state index is 13.9. The van der Waals surface area contributed by atoms with E-state index in [1.165, 1.54) is 4.90 Å². The van der Waals surface area contributed by atoms with Crippen LogP contribution in [-0.4, -0.2) is 51.9 Å². The van der Waals surface area contributed by atoms with Gasteiger partial charge in [0.05, 0.1) is 0 Å². The summed E-state index contributed by atoms with van der Waals surface area (Å²) in [6, 6.07) is 0. The largest absolute Gasteiger partial charge is 0.444 e. The molecule has 0 spiro atoms. The molecule has 1 aliphatic heterocycles. The molecule has 3 rings (SSSR count). The second-order valence-corrected chi connectivity index (χ2v) is 8.46. The molecule has 2 fully saturated rings. The van der Waals surface area contributed by atoms with Gasteiger partial charge in [0, 0.05) is 31.8 Å². The summed E-state index contributed by atoms with van der Waals surface area (Å²) >= 11 is 0. The number of hydrogen-bond donors (Lipinski definition) is 0. The van der Waals surface area contributed by atoms with Crippen LogP contribution in [0, 0.1) is 0 Å². The lowest BCUT2D eigenvalue weighted by atomic mass is 9.76. The van der Waals surface area contributed by atoms with Gasteiger partial charge in [0.15, 0.2) is 5.82 Å². The smallest absolute Gasteiger partial charge is 0.410 e. The summed E-state index contributed by atoms with van der Waals surface area (Å²) in [6.45, 7) is 4.61. The number of carbonyl (C=O) groups is 1. The molecule has 2 heterocycles. The maximum atomic E-state index is 13.9. The Morgan fingerprint density at radius 2 is 1.75 bits per heavy atom. The molecule has 1 saturated carbocycles. The van der Waals surface area contributed by atoms with E-state index in [4.69, 9.17) is 9.26 Å². The van der Waals surface area contributed by atoms with Gasteiger partial charge >= 0.3 is 12.3 Å². The molecule has 158 valence electrons. The average molecular weight is 411 g/mol. The van der Waals surface area contributed by atoms with E-state index in [9.17, 15) is 26.7 Å². The van der Waals surface area contributed by atoms with Gasteiger partial charge in [0.25, 0.3) is 0 Å². The highest BCUT2D eigenvalue weighted by Crippen LogP contribution is 2.50. The number of piperidine rings is 1. The molecule has 1 aromatic rings. The number of rotatable bonds is 2. The van der Waals surface area contributed by atoms with Gasteiger partial charge in [0.1, 0.15) is 11.0 Å². The molecule has 1 aliphatic carbocycles. The van der Waals surface area contributed by atoms with Crippen LogP contribution in [0.4, 0.5) is 26.7 Å². The van der Waals surface area contributed by atoms with Crippen molar-refractivity contribution in [2.24, 2.45) is 0 Å². The van der Waals surface area contributed by atoms with Gasteiger partial charge in [-0.25, -0.2) is 13.6 Å². The van der Waals surface area contributed by atoms with Gasteiger partial charge in [-0.3, -0.25) is 0 Å². The Balaban J connectivity index is 1.75. The van der Waals surface area contributed by atoms with Crippen LogP contribution in [0.5, 0.6) is 0 Å². The number of amides is 1. The fourth-order valence-corrected chi connectivity index (χ4v) is 3.46. The number of hydrogen-bond acceptors (Lipinski definition) is 5. The predicted molar refractivity (Wildman–Crippen MR) is 86.0 cm³/mol. The summed E-state index contributed by atoms with van der Waals surface area (Å²) in [5.74, 6) is -4.34.